The third-order valence-corrected chi connectivity index (χ3v) is 0.926. The van der Waals surface area contributed by atoms with Crippen LogP contribution in [0.15, 0.2) is 0 Å². The minimum absolute atomic E-state index is 0.319. The summed E-state index contributed by atoms with van der Waals surface area (Å²) in [4.78, 5) is -0.931. The molecule has 10 heavy (non-hydrogen) atoms. The third kappa shape index (κ3) is 24.2. The van der Waals surface area contributed by atoms with E-state index in [2.05, 4.69) is 16.2 Å². The Hall–Kier alpha value is 0.130. The standard InChI is InChI=1S/C3H10NO2.C2H5ClO/c1-3-4(2,5)6;1-2-4-3/h5-6H,3H2,1-2H3;2H2,1H3/q+1;. The first-order valence-corrected chi connectivity index (χ1v) is 3.33. The van der Waals surface area contributed by atoms with E-state index in [4.69, 9.17) is 10.4 Å². The molecule has 64 valence electrons. The lowest BCUT2D eigenvalue weighted by molar-refractivity contribution is -1.23. The first kappa shape index (κ1) is 12.8. The summed E-state index contributed by atoms with van der Waals surface area (Å²) in [5.74, 6) is 0. The van der Waals surface area contributed by atoms with E-state index in [0.29, 0.717) is 13.2 Å². The highest BCUT2D eigenvalue weighted by atomic mass is 35.5. The first-order valence-electron chi connectivity index (χ1n) is 3.02. The molecule has 0 saturated carbocycles. The Bertz CT molecular complexity index is 62.4. The number of quaternary nitrogens is 1. The lowest BCUT2D eigenvalue weighted by Gasteiger charge is -2.10. The van der Waals surface area contributed by atoms with Crippen LogP contribution < -0.4 is 0 Å². The molecule has 0 rings (SSSR count). The van der Waals surface area contributed by atoms with E-state index in [-0.39, 0.29) is 0 Å². The number of nitrogens with zero attached hydrogens (tertiary/aromatic N) is 1. The number of hydrogen-bond donors (Lipinski definition) is 2. The van der Waals surface area contributed by atoms with Crippen molar-refractivity contribution < 1.29 is 19.5 Å². The van der Waals surface area contributed by atoms with Gasteiger partial charge in [-0.1, -0.05) is 4.81 Å². The number of halogens is 1. The van der Waals surface area contributed by atoms with Crippen molar-refractivity contribution in [3.8, 4) is 0 Å². The maximum atomic E-state index is 8.32. The van der Waals surface area contributed by atoms with Gasteiger partial charge in [-0.05, 0) is 13.8 Å². The fourth-order valence-electron chi connectivity index (χ4n) is 0. The molecule has 0 heterocycles. The molecular formula is C5H15ClNO3+. The molecule has 2 N–H and O–H groups in total. The van der Waals surface area contributed by atoms with Crippen molar-refractivity contribution in [2.75, 3.05) is 20.2 Å². The lowest BCUT2D eigenvalue weighted by Crippen LogP contribution is -2.35. The molecule has 0 aromatic heterocycles. The predicted octanol–water partition coefficient (Wildman–Crippen LogP) is 1.41. The van der Waals surface area contributed by atoms with Crippen LogP contribution in [0.25, 0.3) is 0 Å². The molecule has 5 heteroatoms. The van der Waals surface area contributed by atoms with Crippen LogP contribution in [0.2, 0.25) is 0 Å². The Kier molecular flexibility index (Phi) is 9.25. The van der Waals surface area contributed by atoms with Gasteiger partial charge in [0.2, 0.25) is 0 Å². The molecule has 0 aliphatic rings. The SMILES string of the molecule is CCOCl.CC[N+](C)(O)O. The molecule has 0 fully saturated rings. The second-order valence-electron chi connectivity index (χ2n) is 1.80. The van der Waals surface area contributed by atoms with Gasteiger partial charge in [-0.2, -0.15) is 10.4 Å². The second-order valence-corrected chi connectivity index (χ2v) is 2.02. The molecule has 0 aliphatic heterocycles. The van der Waals surface area contributed by atoms with Crippen LogP contribution in [0.3, 0.4) is 0 Å². The van der Waals surface area contributed by atoms with E-state index >= 15 is 0 Å². The zero-order valence-electron chi connectivity index (χ0n) is 6.54. The minimum atomic E-state index is -0.931. The van der Waals surface area contributed by atoms with Crippen LogP contribution >= 0.6 is 11.9 Å². The monoisotopic (exact) mass is 172 g/mol. The quantitative estimate of drug-likeness (QED) is 0.489. The summed E-state index contributed by atoms with van der Waals surface area (Å²) in [6.45, 7) is 4.41. The van der Waals surface area contributed by atoms with Crippen LogP contribution in [-0.4, -0.2) is 35.4 Å². The van der Waals surface area contributed by atoms with Gasteiger partial charge in [-0.25, -0.2) is 0 Å². The minimum Gasteiger partial charge on any atom is -0.280 e. The zero-order valence-corrected chi connectivity index (χ0v) is 7.30. The third-order valence-electron chi connectivity index (χ3n) is 0.708. The number of hydroxylamine groups is 4. The Morgan fingerprint density at radius 1 is 1.40 bits per heavy atom. The van der Waals surface area contributed by atoms with Crippen LogP contribution in [0, 0.1) is 0 Å². The summed E-state index contributed by atoms with van der Waals surface area (Å²) >= 11 is 4.69. The van der Waals surface area contributed by atoms with E-state index in [0.717, 1.165) is 0 Å². The summed E-state index contributed by atoms with van der Waals surface area (Å²) < 4.78 is 4.01. The first-order chi connectivity index (χ1) is 4.47. The fourth-order valence-corrected chi connectivity index (χ4v) is 0. The van der Waals surface area contributed by atoms with E-state index in [1.807, 2.05) is 6.92 Å². The molecule has 0 unspecified atom stereocenters. The number of rotatable bonds is 2. The van der Waals surface area contributed by atoms with E-state index < -0.39 is 4.81 Å². The van der Waals surface area contributed by atoms with Crippen LogP contribution in [-0.2, 0) is 4.29 Å². The second kappa shape index (κ2) is 7.24. The molecule has 0 bridgehead atoms. The van der Waals surface area contributed by atoms with Crippen molar-refractivity contribution in [3.05, 3.63) is 0 Å². The van der Waals surface area contributed by atoms with Crippen molar-refractivity contribution in [1.82, 2.24) is 0 Å². The van der Waals surface area contributed by atoms with Gasteiger partial charge >= 0.3 is 0 Å². The normalized spacial score (nSPS) is 10.2. The lowest BCUT2D eigenvalue weighted by atomic mass is 10.7. The Labute approximate surface area is 66.3 Å². The van der Waals surface area contributed by atoms with Gasteiger partial charge in [0.05, 0.1) is 18.5 Å². The molecule has 0 radical (unpaired) electrons. The molecule has 0 atom stereocenters. The van der Waals surface area contributed by atoms with Crippen molar-refractivity contribution >= 4 is 11.9 Å². The maximum absolute atomic E-state index is 8.32. The van der Waals surface area contributed by atoms with Crippen molar-refractivity contribution in [2.24, 2.45) is 0 Å². The summed E-state index contributed by atoms with van der Waals surface area (Å²) in [5, 5.41) is 16.6. The molecular weight excluding hydrogens is 158 g/mol. The molecule has 0 aromatic carbocycles. The van der Waals surface area contributed by atoms with Gasteiger partial charge in [-0.15, -0.1) is 0 Å². The molecule has 0 saturated heterocycles. The maximum Gasteiger partial charge on any atom is 0.139 e. The van der Waals surface area contributed by atoms with Gasteiger partial charge in [-0.3, -0.25) is 4.29 Å². The van der Waals surface area contributed by atoms with Crippen LogP contribution in [0.5, 0.6) is 0 Å². The van der Waals surface area contributed by atoms with Gasteiger partial charge in [0.1, 0.15) is 13.6 Å². The van der Waals surface area contributed by atoms with Gasteiger partial charge < -0.3 is 0 Å². The van der Waals surface area contributed by atoms with Crippen LogP contribution in [0.1, 0.15) is 13.8 Å². The Morgan fingerprint density at radius 3 is 1.60 bits per heavy atom. The molecule has 0 aromatic rings. The topological polar surface area (TPSA) is 49.7 Å². The summed E-state index contributed by atoms with van der Waals surface area (Å²) in [7, 11) is 1.29. The molecule has 4 nitrogen and oxygen atoms in total. The molecule has 0 spiro atoms. The molecule has 0 aliphatic carbocycles. The highest BCUT2D eigenvalue weighted by Gasteiger charge is 2.06. The Balaban J connectivity index is 0. The number of hydrogen-bond acceptors (Lipinski definition) is 3. The summed E-state index contributed by atoms with van der Waals surface area (Å²) in [6, 6.07) is 0. The fraction of sp³-hybridized carbons (Fsp3) is 1.00. The van der Waals surface area contributed by atoms with Gasteiger partial charge in [0, 0.05) is 0 Å². The molecule has 0 amide bonds. The van der Waals surface area contributed by atoms with E-state index in [1.165, 1.54) is 7.05 Å². The Morgan fingerprint density at radius 2 is 1.60 bits per heavy atom. The largest absolute Gasteiger partial charge is 0.280 e. The van der Waals surface area contributed by atoms with E-state index in [9.17, 15) is 0 Å². The smallest absolute Gasteiger partial charge is 0.139 e. The van der Waals surface area contributed by atoms with E-state index in [1.54, 1.807) is 6.92 Å². The summed E-state index contributed by atoms with van der Waals surface area (Å²) in [5.41, 5.74) is 0. The summed E-state index contributed by atoms with van der Waals surface area (Å²) in [6.07, 6.45) is 0. The zero-order chi connectivity index (χ0) is 8.62. The predicted molar refractivity (Wildman–Crippen MR) is 37.8 cm³/mol. The van der Waals surface area contributed by atoms with Crippen molar-refractivity contribution in [1.29, 1.82) is 0 Å². The van der Waals surface area contributed by atoms with Crippen molar-refractivity contribution in [2.45, 2.75) is 13.8 Å². The van der Waals surface area contributed by atoms with Gasteiger partial charge in [0.25, 0.3) is 0 Å². The highest BCUT2D eigenvalue weighted by Crippen LogP contribution is 1.82. The van der Waals surface area contributed by atoms with Crippen molar-refractivity contribution in [3.63, 3.8) is 0 Å². The average molecular weight is 173 g/mol. The van der Waals surface area contributed by atoms with Crippen LogP contribution in [0.4, 0.5) is 0 Å². The average Bonchev–Trinajstić information content (AvgIpc) is 1.87. The highest BCUT2D eigenvalue weighted by molar-refractivity contribution is 6.07. The van der Waals surface area contributed by atoms with Gasteiger partial charge in [0.15, 0.2) is 0 Å².